The number of carboxylic acid groups (broad SMARTS) is 1. The molecule has 1 atom stereocenters. The second-order valence-electron chi connectivity index (χ2n) is 4.78. The fourth-order valence-corrected chi connectivity index (χ4v) is 2.20. The van der Waals surface area contributed by atoms with Crippen LogP contribution in [0.25, 0.3) is 0 Å². The topological polar surface area (TPSA) is 86.7 Å². The lowest BCUT2D eigenvalue weighted by Gasteiger charge is -2.32. The molecule has 106 valence electrons. The van der Waals surface area contributed by atoms with E-state index in [1.807, 2.05) is 31.2 Å². The van der Waals surface area contributed by atoms with Crippen molar-refractivity contribution < 1.29 is 19.5 Å². The van der Waals surface area contributed by atoms with Crippen molar-refractivity contribution in [2.75, 3.05) is 13.1 Å². The first kappa shape index (κ1) is 14.0. The van der Waals surface area contributed by atoms with Gasteiger partial charge in [-0.3, -0.25) is 9.59 Å². The molecule has 1 aliphatic rings. The first-order chi connectivity index (χ1) is 9.49. The molecule has 2 N–H and O–H groups in total. The number of nitrogens with zero attached hydrogens (tertiary/aromatic N) is 1. The molecule has 1 fully saturated rings. The number of carboxylic acids is 1. The van der Waals surface area contributed by atoms with Crippen molar-refractivity contribution in [1.29, 1.82) is 0 Å². The van der Waals surface area contributed by atoms with Crippen molar-refractivity contribution in [2.24, 2.45) is 0 Å². The Morgan fingerprint density at radius 2 is 2.10 bits per heavy atom. The molecule has 0 radical (unpaired) electrons. The number of amides is 2. The number of nitrogens with one attached hydrogen (secondary N) is 1. The van der Waals surface area contributed by atoms with Crippen LogP contribution in [0.2, 0.25) is 0 Å². The smallest absolute Gasteiger partial charge is 0.328 e. The Morgan fingerprint density at radius 1 is 1.40 bits per heavy atom. The summed E-state index contributed by atoms with van der Waals surface area (Å²) in [5.41, 5.74) is 1.81. The fraction of sp³-hybridized carbons (Fsp3) is 0.357. The minimum atomic E-state index is -1.11. The van der Waals surface area contributed by atoms with Gasteiger partial charge in [0.2, 0.25) is 11.8 Å². The first-order valence-electron chi connectivity index (χ1n) is 6.32. The number of aliphatic carboxylic acids is 1. The molecule has 1 unspecified atom stereocenters. The van der Waals surface area contributed by atoms with E-state index in [-0.39, 0.29) is 31.3 Å². The van der Waals surface area contributed by atoms with E-state index >= 15 is 0 Å². The predicted octanol–water partition coefficient (Wildman–Crippen LogP) is -0.0509. The molecule has 0 aliphatic carbocycles. The maximum Gasteiger partial charge on any atom is 0.328 e. The summed E-state index contributed by atoms with van der Waals surface area (Å²) in [7, 11) is 0. The summed E-state index contributed by atoms with van der Waals surface area (Å²) in [6, 6.07) is 6.42. The van der Waals surface area contributed by atoms with Gasteiger partial charge in [0.1, 0.15) is 12.6 Å². The third kappa shape index (κ3) is 2.96. The average Bonchev–Trinajstić information content (AvgIpc) is 2.40. The van der Waals surface area contributed by atoms with Gasteiger partial charge in [-0.25, -0.2) is 4.79 Å². The molecule has 2 amide bonds. The van der Waals surface area contributed by atoms with Crippen LogP contribution in [0.3, 0.4) is 0 Å². The molecule has 1 aromatic rings. The Bertz CT molecular complexity index is 556. The zero-order valence-electron chi connectivity index (χ0n) is 11.1. The normalized spacial score (nSPS) is 18.6. The molecular weight excluding hydrogens is 260 g/mol. The van der Waals surface area contributed by atoms with Gasteiger partial charge in [0.15, 0.2) is 0 Å². The lowest BCUT2D eigenvalue weighted by molar-refractivity contribution is -0.153. The summed E-state index contributed by atoms with van der Waals surface area (Å²) < 4.78 is 0. The van der Waals surface area contributed by atoms with Gasteiger partial charge < -0.3 is 15.3 Å². The zero-order chi connectivity index (χ0) is 14.7. The van der Waals surface area contributed by atoms with Crippen molar-refractivity contribution in [3.8, 4) is 0 Å². The third-order valence-electron chi connectivity index (χ3n) is 3.39. The number of benzene rings is 1. The van der Waals surface area contributed by atoms with Crippen LogP contribution in [0.1, 0.15) is 11.1 Å². The summed E-state index contributed by atoms with van der Waals surface area (Å²) >= 11 is 0. The Balaban J connectivity index is 2.15. The zero-order valence-corrected chi connectivity index (χ0v) is 11.1. The van der Waals surface area contributed by atoms with Gasteiger partial charge in [0.25, 0.3) is 0 Å². The van der Waals surface area contributed by atoms with Gasteiger partial charge in [0.05, 0.1) is 6.42 Å². The summed E-state index contributed by atoms with van der Waals surface area (Å²) in [5.74, 6) is -1.79. The Hall–Kier alpha value is -2.37. The minimum absolute atomic E-state index is 0.0479. The van der Waals surface area contributed by atoms with Gasteiger partial charge >= 0.3 is 5.97 Å². The van der Waals surface area contributed by atoms with Crippen molar-refractivity contribution >= 4 is 17.8 Å². The maximum absolute atomic E-state index is 12.3. The summed E-state index contributed by atoms with van der Waals surface area (Å²) in [5, 5.41) is 11.6. The van der Waals surface area contributed by atoms with Crippen LogP contribution in [0.15, 0.2) is 24.3 Å². The van der Waals surface area contributed by atoms with Gasteiger partial charge in [-0.1, -0.05) is 24.3 Å². The lowest BCUT2D eigenvalue weighted by atomic mass is 10.0. The highest BCUT2D eigenvalue weighted by Crippen LogP contribution is 2.12. The van der Waals surface area contributed by atoms with Crippen LogP contribution in [-0.4, -0.2) is 46.9 Å². The molecule has 6 heteroatoms. The Labute approximate surface area is 116 Å². The van der Waals surface area contributed by atoms with Gasteiger partial charge in [0, 0.05) is 6.54 Å². The highest BCUT2D eigenvalue weighted by atomic mass is 16.4. The number of carbonyl (C=O) groups is 3. The number of carbonyl (C=O) groups excluding carboxylic acids is 2. The molecule has 0 aromatic heterocycles. The predicted molar refractivity (Wildman–Crippen MR) is 71.0 cm³/mol. The van der Waals surface area contributed by atoms with Gasteiger partial charge in [-0.15, -0.1) is 0 Å². The third-order valence-corrected chi connectivity index (χ3v) is 3.39. The number of hydrogen-bond donors (Lipinski definition) is 2. The minimum Gasteiger partial charge on any atom is -0.480 e. The number of hydrogen-bond acceptors (Lipinski definition) is 3. The highest BCUT2D eigenvalue weighted by Gasteiger charge is 2.34. The average molecular weight is 276 g/mol. The molecule has 6 nitrogen and oxygen atoms in total. The van der Waals surface area contributed by atoms with Crippen LogP contribution in [0.5, 0.6) is 0 Å². The summed E-state index contributed by atoms with van der Waals surface area (Å²) in [6.45, 7) is 1.63. The van der Waals surface area contributed by atoms with E-state index in [9.17, 15) is 14.4 Å². The van der Waals surface area contributed by atoms with Gasteiger partial charge in [-0.2, -0.15) is 0 Å². The first-order valence-corrected chi connectivity index (χ1v) is 6.32. The van der Waals surface area contributed by atoms with Crippen LogP contribution >= 0.6 is 0 Å². The van der Waals surface area contributed by atoms with Crippen molar-refractivity contribution in [1.82, 2.24) is 10.2 Å². The number of rotatable bonds is 3. The van der Waals surface area contributed by atoms with Crippen LogP contribution < -0.4 is 5.32 Å². The van der Waals surface area contributed by atoms with E-state index in [4.69, 9.17) is 5.11 Å². The molecule has 1 saturated heterocycles. The molecule has 0 bridgehead atoms. The molecule has 2 rings (SSSR count). The lowest BCUT2D eigenvalue weighted by Crippen LogP contribution is -2.59. The van der Waals surface area contributed by atoms with Crippen LogP contribution in [-0.2, 0) is 20.8 Å². The molecule has 0 spiro atoms. The van der Waals surface area contributed by atoms with Crippen LogP contribution in [0.4, 0.5) is 0 Å². The monoisotopic (exact) mass is 276 g/mol. The Morgan fingerprint density at radius 3 is 2.75 bits per heavy atom. The quantitative estimate of drug-likeness (QED) is 0.810. The van der Waals surface area contributed by atoms with E-state index in [1.165, 1.54) is 0 Å². The fourth-order valence-electron chi connectivity index (χ4n) is 2.20. The van der Waals surface area contributed by atoms with Crippen LogP contribution in [0, 0.1) is 6.92 Å². The summed E-state index contributed by atoms with van der Waals surface area (Å²) in [4.78, 5) is 35.9. The molecule has 20 heavy (non-hydrogen) atoms. The van der Waals surface area contributed by atoms with Crippen molar-refractivity contribution in [3.63, 3.8) is 0 Å². The van der Waals surface area contributed by atoms with E-state index in [1.54, 1.807) is 0 Å². The van der Waals surface area contributed by atoms with Crippen molar-refractivity contribution in [2.45, 2.75) is 19.4 Å². The molecule has 1 aliphatic heterocycles. The summed E-state index contributed by atoms with van der Waals surface area (Å²) in [6.07, 6.45) is 0.101. The number of piperazine rings is 1. The van der Waals surface area contributed by atoms with Gasteiger partial charge in [-0.05, 0) is 18.1 Å². The maximum atomic E-state index is 12.3. The highest BCUT2D eigenvalue weighted by molar-refractivity contribution is 5.92. The second kappa shape index (κ2) is 5.73. The second-order valence-corrected chi connectivity index (χ2v) is 4.78. The van der Waals surface area contributed by atoms with E-state index in [0.717, 1.165) is 16.0 Å². The Kier molecular flexibility index (Phi) is 4.02. The van der Waals surface area contributed by atoms with E-state index in [0.29, 0.717) is 0 Å². The molecular formula is C14H16N2O4. The van der Waals surface area contributed by atoms with E-state index in [2.05, 4.69) is 5.32 Å². The van der Waals surface area contributed by atoms with E-state index < -0.39 is 12.0 Å². The largest absolute Gasteiger partial charge is 0.480 e. The SMILES string of the molecule is Cc1ccccc1CC(=O)N1CC(=O)NCC1C(=O)O. The molecule has 0 saturated carbocycles. The standard InChI is InChI=1S/C14H16N2O4/c1-9-4-2-3-5-10(9)6-13(18)16-8-12(17)15-7-11(16)14(19)20/h2-5,11H,6-8H2,1H3,(H,15,17)(H,19,20). The number of aryl methyl sites for hydroxylation is 1. The molecule has 1 aromatic carbocycles. The van der Waals surface area contributed by atoms with Crippen molar-refractivity contribution in [3.05, 3.63) is 35.4 Å². The molecule has 1 heterocycles.